The molecular formula is C36H36ClF4N7O2S. The number of hydrogen-bond donors (Lipinski definition) is 1. The maximum Gasteiger partial charge on any atom is 0.319 e. The number of carbonyl (C=O) groups excluding carboxylic acids is 1. The van der Waals surface area contributed by atoms with Crippen LogP contribution < -0.4 is 15.4 Å². The minimum absolute atomic E-state index is 0.0105. The summed E-state index contributed by atoms with van der Waals surface area (Å²) in [6, 6.07) is 6.29. The third kappa shape index (κ3) is 5.72. The molecule has 9 nitrogen and oxygen atoms in total. The van der Waals surface area contributed by atoms with Crippen molar-refractivity contribution in [3.05, 3.63) is 40.4 Å². The largest absolute Gasteiger partial charge is 0.459 e. The van der Waals surface area contributed by atoms with Gasteiger partial charge in [-0.2, -0.15) is 15.2 Å². The number of aromatic nitrogens is 2. The Morgan fingerprint density at radius 1 is 1.18 bits per heavy atom. The van der Waals surface area contributed by atoms with E-state index in [-0.39, 0.29) is 65.9 Å². The number of nitriles is 1. The van der Waals surface area contributed by atoms with Gasteiger partial charge in [-0.3, -0.25) is 9.69 Å². The van der Waals surface area contributed by atoms with Crippen molar-refractivity contribution < 1.29 is 27.1 Å². The average molecular weight is 742 g/mol. The van der Waals surface area contributed by atoms with E-state index < -0.39 is 35.8 Å². The van der Waals surface area contributed by atoms with Crippen molar-refractivity contribution in [1.29, 1.82) is 5.26 Å². The Morgan fingerprint density at radius 2 is 1.94 bits per heavy atom. The van der Waals surface area contributed by atoms with E-state index in [0.29, 0.717) is 37.4 Å². The molecule has 8 rings (SSSR count). The zero-order valence-electron chi connectivity index (χ0n) is 28.1. The first-order valence-electron chi connectivity index (χ1n) is 17.2. The number of anilines is 2. The van der Waals surface area contributed by atoms with Gasteiger partial charge < -0.3 is 20.3 Å². The summed E-state index contributed by atoms with van der Waals surface area (Å²) < 4.78 is 66.0. The van der Waals surface area contributed by atoms with Gasteiger partial charge in [0.05, 0.1) is 15.3 Å². The van der Waals surface area contributed by atoms with Crippen LogP contribution in [0.2, 0.25) is 5.02 Å². The number of carbonyl (C=O) groups is 1. The summed E-state index contributed by atoms with van der Waals surface area (Å²) in [4.78, 5) is 28.0. The number of ether oxygens (including phenoxy) is 1. The normalized spacial score (nSPS) is 23.3. The summed E-state index contributed by atoms with van der Waals surface area (Å²) in [5.74, 6) is -5.63. The molecule has 2 aromatic carbocycles. The van der Waals surface area contributed by atoms with Crippen LogP contribution in [-0.4, -0.2) is 83.5 Å². The van der Waals surface area contributed by atoms with Gasteiger partial charge in [-0.25, -0.2) is 17.6 Å². The molecule has 1 saturated carbocycles. The number of likely N-dealkylation sites (N-methyl/N-ethyl adjacent to an activating group) is 1. The molecule has 268 valence electrons. The lowest BCUT2D eigenvalue weighted by Crippen LogP contribution is -2.62. The number of likely N-dealkylation sites (tertiary alicyclic amines) is 2. The quantitative estimate of drug-likeness (QED) is 0.206. The standard InChI is InChI=1S/C36H36ClF4N7O2S/c1-18(25-6-5-10-46(25)2)50-34-44-29-20(12-23(37)27(28(29)39)19-7-8-24(38)30-26(19)21(14-42)31(43)51-30)32(45-34)47-11-4-3-9-35(15-47)16-48(17-35)33(49)22-13-36(22,40)41/h7-8,12,18,22,25H,3-6,9-11,13,15-17,43H2,1-2H3/t18-,22-,25-/m0/s1. The first kappa shape index (κ1) is 34.2. The monoisotopic (exact) mass is 741 g/mol. The van der Waals surface area contributed by atoms with E-state index in [1.807, 2.05) is 24.9 Å². The maximum absolute atomic E-state index is 17.1. The zero-order valence-corrected chi connectivity index (χ0v) is 29.7. The number of fused-ring (bicyclic) bond motifs is 2. The first-order chi connectivity index (χ1) is 24.3. The van der Waals surface area contributed by atoms with Crippen LogP contribution in [0.4, 0.5) is 28.4 Å². The lowest BCUT2D eigenvalue weighted by Gasteiger charge is -2.51. The summed E-state index contributed by atoms with van der Waals surface area (Å²) in [7, 11) is 2.03. The number of hydrogen-bond acceptors (Lipinski definition) is 9. The predicted octanol–water partition coefficient (Wildman–Crippen LogP) is 7.23. The molecule has 2 aromatic heterocycles. The smallest absolute Gasteiger partial charge is 0.319 e. The molecule has 4 fully saturated rings. The van der Waals surface area contributed by atoms with E-state index in [4.69, 9.17) is 27.1 Å². The van der Waals surface area contributed by atoms with Gasteiger partial charge in [-0.1, -0.05) is 24.1 Å². The van der Waals surface area contributed by atoms with Crippen molar-refractivity contribution in [2.75, 3.05) is 50.4 Å². The maximum atomic E-state index is 17.1. The summed E-state index contributed by atoms with van der Waals surface area (Å²) >= 11 is 7.81. The molecular weight excluding hydrogens is 706 g/mol. The highest BCUT2D eigenvalue weighted by molar-refractivity contribution is 7.23. The molecule has 15 heteroatoms. The molecule has 0 unspecified atom stereocenters. The Labute approximate surface area is 300 Å². The van der Waals surface area contributed by atoms with Gasteiger partial charge in [0.25, 0.3) is 5.92 Å². The van der Waals surface area contributed by atoms with Gasteiger partial charge in [0.15, 0.2) is 5.82 Å². The van der Waals surface area contributed by atoms with E-state index >= 15 is 4.39 Å². The Morgan fingerprint density at radius 3 is 2.63 bits per heavy atom. The lowest BCUT2D eigenvalue weighted by molar-refractivity contribution is -0.147. The number of alkyl halides is 2. The Kier molecular flexibility index (Phi) is 8.27. The van der Waals surface area contributed by atoms with E-state index in [0.717, 1.165) is 50.0 Å². The second-order valence-corrected chi connectivity index (χ2v) is 16.1. The predicted molar refractivity (Wildman–Crippen MR) is 188 cm³/mol. The third-order valence-electron chi connectivity index (χ3n) is 11.2. The SMILES string of the molecule is C[C@H](Oc1nc(N2CCCCC3(CN(C(=O)[C@@H]4CC4(F)F)C3)C2)c2cc(Cl)c(-c3ccc(F)c4sc(N)c(C#N)c34)c(F)c2n1)[C@@H]1CCCN1C. The van der Waals surface area contributed by atoms with Crippen molar-refractivity contribution in [3.8, 4) is 23.2 Å². The molecule has 51 heavy (non-hydrogen) atoms. The molecule has 3 saturated heterocycles. The number of nitrogens with zero attached hydrogens (tertiary/aromatic N) is 6. The fraction of sp³-hybridized carbons (Fsp3) is 0.500. The van der Waals surface area contributed by atoms with Gasteiger partial charge in [0.2, 0.25) is 5.91 Å². The van der Waals surface area contributed by atoms with Crippen LogP contribution in [-0.2, 0) is 4.79 Å². The van der Waals surface area contributed by atoms with Gasteiger partial charge in [-0.05, 0) is 63.9 Å². The van der Waals surface area contributed by atoms with Gasteiger partial charge in [-0.15, -0.1) is 11.3 Å². The summed E-state index contributed by atoms with van der Waals surface area (Å²) in [5, 5.41) is 10.5. The number of amides is 1. The molecule has 0 bridgehead atoms. The van der Waals surface area contributed by atoms with Crippen molar-refractivity contribution in [2.45, 2.75) is 63.5 Å². The summed E-state index contributed by atoms with van der Waals surface area (Å²) in [5.41, 5.74) is 5.87. The van der Waals surface area contributed by atoms with E-state index in [1.54, 1.807) is 6.07 Å². The molecule has 1 spiro atoms. The minimum Gasteiger partial charge on any atom is -0.459 e. The van der Waals surface area contributed by atoms with Crippen LogP contribution in [0.5, 0.6) is 6.01 Å². The Balaban J connectivity index is 1.23. The lowest BCUT2D eigenvalue weighted by atomic mass is 9.75. The van der Waals surface area contributed by atoms with Crippen LogP contribution in [0.15, 0.2) is 18.2 Å². The number of thiophene rings is 1. The van der Waals surface area contributed by atoms with Crippen LogP contribution >= 0.6 is 22.9 Å². The number of nitrogen functional groups attached to an aromatic ring is 1. The number of halogens is 5. The second kappa shape index (κ2) is 12.3. The summed E-state index contributed by atoms with van der Waals surface area (Å²) in [6.45, 7) is 4.61. The number of nitrogens with two attached hydrogens (primary N) is 1. The van der Waals surface area contributed by atoms with Gasteiger partial charge in [0, 0.05) is 60.4 Å². The first-order valence-corrected chi connectivity index (χ1v) is 18.4. The fourth-order valence-electron chi connectivity index (χ4n) is 8.41. The number of rotatable bonds is 6. The van der Waals surface area contributed by atoms with Crippen molar-refractivity contribution in [2.24, 2.45) is 11.3 Å². The second-order valence-electron chi connectivity index (χ2n) is 14.6. The summed E-state index contributed by atoms with van der Waals surface area (Å²) in [6.07, 6.45) is 3.68. The molecule has 3 aliphatic heterocycles. The average Bonchev–Trinajstić information content (AvgIpc) is 3.40. The van der Waals surface area contributed by atoms with Crippen molar-refractivity contribution in [3.63, 3.8) is 0 Å². The molecule has 5 heterocycles. The third-order valence-corrected chi connectivity index (χ3v) is 12.5. The van der Waals surface area contributed by atoms with Crippen molar-refractivity contribution >= 4 is 60.7 Å². The van der Waals surface area contributed by atoms with Crippen LogP contribution in [0.25, 0.3) is 32.1 Å². The zero-order chi connectivity index (χ0) is 36.0. The highest BCUT2D eigenvalue weighted by Crippen LogP contribution is 2.52. The van der Waals surface area contributed by atoms with Crippen molar-refractivity contribution in [1.82, 2.24) is 19.8 Å². The molecule has 4 aromatic rings. The van der Waals surface area contributed by atoms with E-state index in [1.165, 1.54) is 17.0 Å². The van der Waals surface area contributed by atoms with Gasteiger partial charge in [0.1, 0.15) is 40.2 Å². The molecule has 0 radical (unpaired) electrons. The van der Waals surface area contributed by atoms with Gasteiger partial charge >= 0.3 is 6.01 Å². The highest BCUT2D eigenvalue weighted by atomic mass is 35.5. The minimum atomic E-state index is -2.93. The molecule has 1 amide bonds. The van der Waals surface area contributed by atoms with Crippen LogP contribution in [0, 0.1) is 34.3 Å². The van der Waals surface area contributed by atoms with E-state index in [2.05, 4.69) is 9.88 Å². The molecule has 3 atom stereocenters. The molecule has 4 aliphatic rings. The fourth-order valence-corrected chi connectivity index (χ4v) is 9.65. The van der Waals surface area contributed by atoms with Crippen LogP contribution in [0.3, 0.4) is 0 Å². The van der Waals surface area contributed by atoms with E-state index in [9.17, 15) is 23.2 Å². The Hall–Kier alpha value is -3.93. The van der Waals surface area contributed by atoms with Crippen LogP contribution in [0.1, 0.15) is 51.0 Å². The molecule has 1 aliphatic carbocycles. The highest BCUT2D eigenvalue weighted by Gasteiger charge is 2.64. The Bertz CT molecular complexity index is 2130. The molecule has 2 N–H and O–H groups in total. The number of benzene rings is 2. The topological polar surface area (TPSA) is 112 Å².